The number of carbonyl (C=O) groups is 2. The van der Waals surface area contributed by atoms with Gasteiger partial charge in [0, 0.05) is 10.7 Å². The number of esters is 1. The number of amides is 1. The second kappa shape index (κ2) is 10.4. The molecule has 2 aromatic rings. The van der Waals surface area contributed by atoms with Crippen LogP contribution in [0.4, 0.5) is 5.69 Å². The van der Waals surface area contributed by atoms with E-state index in [1.807, 2.05) is 0 Å². The molecule has 0 radical (unpaired) electrons. The van der Waals surface area contributed by atoms with Crippen molar-refractivity contribution in [1.82, 2.24) is 4.72 Å². The van der Waals surface area contributed by atoms with Crippen LogP contribution in [0.3, 0.4) is 0 Å². The molecule has 2 aromatic carbocycles. The van der Waals surface area contributed by atoms with E-state index in [2.05, 4.69) is 10.0 Å². The van der Waals surface area contributed by atoms with Gasteiger partial charge in [0.05, 0.1) is 17.9 Å². The third-order valence-corrected chi connectivity index (χ3v) is 5.76. The second-order valence-electron chi connectivity index (χ2n) is 6.20. The third kappa shape index (κ3) is 6.85. The zero-order valence-electron chi connectivity index (χ0n) is 16.1. The molecule has 156 valence electrons. The molecule has 1 amide bonds. The molecular weight excluding hydrogens is 416 g/mol. The number of nitrogens with one attached hydrogen (secondary N) is 2. The highest BCUT2D eigenvalue weighted by molar-refractivity contribution is 7.89. The summed E-state index contributed by atoms with van der Waals surface area (Å²) in [6.45, 7) is 3.76. The lowest BCUT2D eigenvalue weighted by molar-refractivity contribution is -0.142. The van der Waals surface area contributed by atoms with Crippen LogP contribution < -0.4 is 10.0 Å². The van der Waals surface area contributed by atoms with Crippen LogP contribution in [0.15, 0.2) is 53.4 Å². The van der Waals surface area contributed by atoms with Crippen LogP contribution in [-0.2, 0) is 30.8 Å². The molecule has 1 atom stereocenters. The SMILES string of the molecule is CCOC(=O)Cc1ccc(NC(=O)C(CC)NS(=O)(=O)c2ccc(Cl)cc2)cc1. The Bertz CT molecular complexity index is 944. The Morgan fingerprint density at radius 1 is 1.03 bits per heavy atom. The highest BCUT2D eigenvalue weighted by Gasteiger charge is 2.24. The fourth-order valence-electron chi connectivity index (χ4n) is 2.51. The van der Waals surface area contributed by atoms with Crippen molar-refractivity contribution >= 4 is 39.2 Å². The lowest BCUT2D eigenvalue weighted by Gasteiger charge is -2.17. The molecular formula is C20H23ClN2O5S. The summed E-state index contributed by atoms with van der Waals surface area (Å²) < 4.78 is 32.3. The van der Waals surface area contributed by atoms with E-state index >= 15 is 0 Å². The maximum absolute atomic E-state index is 12.5. The number of rotatable bonds is 9. The average Bonchev–Trinajstić information content (AvgIpc) is 2.68. The van der Waals surface area contributed by atoms with E-state index in [1.54, 1.807) is 38.1 Å². The van der Waals surface area contributed by atoms with Crippen molar-refractivity contribution in [3.05, 3.63) is 59.1 Å². The number of ether oxygens (including phenoxy) is 1. The number of benzene rings is 2. The van der Waals surface area contributed by atoms with Crippen LogP contribution in [-0.4, -0.2) is 32.9 Å². The van der Waals surface area contributed by atoms with Gasteiger partial charge in [-0.25, -0.2) is 8.42 Å². The van der Waals surface area contributed by atoms with Crippen LogP contribution in [0.5, 0.6) is 0 Å². The monoisotopic (exact) mass is 438 g/mol. The predicted molar refractivity (Wildman–Crippen MR) is 111 cm³/mol. The molecule has 0 bridgehead atoms. The summed E-state index contributed by atoms with van der Waals surface area (Å²) in [5, 5.41) is 3.10. The molecule has 0 heterocycles. The fourth-order valence-corrected chi connectivity index (χ4v) is 3.91. The lowest BCUT2D eigenvalue weighted by Crippen LogP contribution is -2.43. The Morgan fingerprint density at radius 2 is 1.66 bits per heavy atom. The summed E-state index contributed by atoms with van der Waals surface area (Å²) in [5.74, 6) is -0.810. The molecule has 2 N–H and O–H groups in total. The molecule has 0 aliphatic carbocycles. The van der Waals surface area contributed by atoms with E-state index in [-0.39, 0.29) is 23.7 Å². The summed E-state index contributed by atoms with van der Waals surface area (Å²) in [6.07, 6.45) is 0.403. The van der Waals surface area contributed by atoms with Crippen molar-refractivity contribution in [2.75, 3.05) is 11.9 Å². The number of hydrogen-bond acceptors (Lipinski definition) is 5. The highest BCUT2D eigenvalue weighted by Crippen LogP contribution is 2.16. The molecule has 0 aliphatic rings. The Morgan fingerprint density at radius 3 is 2.21 bits per heavy atom. The van der Waals surface area contributed by atoms with E-state index in [1.165, 1.54) is 24.3 Å². The van der Waals surface area contributed by atoms with Gasteiger partial charge in [-0.05, 0) is 55.3 Å². The summed E-state index contributed by atoms with van der Waals surface area (Å²) in [7, 11) is -3.87. The molecule has 0 aliphatic heterocycles. The molecule has 0 aromatic heterocycles. The fraction of sp³-hybridized carbons (Fsp3) is 0.300. The summed E-state index contributed by atoms with van der Waals surface area (Å²) in [5.41, 5.74) is 1.24. The molecule has 0 fully saturated rings. The summed E-state index contributed by atoms with van der Waals surface area (Å²) >= 11 is 5.79. The number of hydrogen-bond donors (Lipinski definition) is 2. The van der Waals surface area contributed by atoms with Gasteiger partial charge >= 0.3 is 5.97 Å². The van der Waals surface area contributed by atoms with Gasteiger partial charge in [-0.1, -0.05) is 30.7 Å². The zero-order valence-corrected chi connectivity index (χ0v) is 17.7. The maximum Gasteiger partial charge on any atom is 0.310 e. The van der Waals surface area contributed by atoms with Crippen molar-refractivity contribution in [2.45, 2.75) is 37.6 Å². The standard InChI is InChI=1S/C20H23ClN2O5S/c1-3-18(23-29(26,27)17-11-7-15(21)8-12-17)20(25)22-16-9-5-14(6-10-16)13-19(24)28-4-2/h5-12,18,23H,3-4,13H2,1-2H3,(H,22,25). The predicted octanol–water partition coefficient (Wildman–Crippen LogP) is 3.14. The van der Waals surface area contributed by atoms with E-state index < -0.39 is 22.0 Å². The molecule has 29 heavy (non-hydrogen) atoms. The van der Waals surface area contributed by atoms with Gasteiger partial charge in [-0.2, -0.15) is 4.72 Å². The zero-order chi connectivity index (χ0) is 21.4. The minimum absolute atomic E-state index is 0.0245. The third-order valence-electron chi connectivity index (χ3n) is 4.02. The Kier molecular flexibility index (Phi) is 8.19. The van der Waals surface area contributed by atoms with Crippen LogP contribution in [0.25, 0.3) is 0 Å². The van der Waals surface area contributed by atoms with E-state index in [0.29, 0.717) is 17.3 Å². The van der Waals surface area contributed by atoms with Crippen LogP contribution in [0.2, 0.25) is 5.02 Å². The number of sulfonamides is 1. The topological polar surface area (TPSA) is 102 Å². The van der Waals surface area contributed by atoms with Gasteiger partial charge in [0.2, 0.25) is 15.9 Å². The van der Waals surface area contributed by atoms with Crippen molar-refractivity contribution in [2.24, 2.45) is 0 Å². The van der Waals surface area contributed by atoms with Crippen molar-refractivity contribution in [1.29, 1.82) is 0 Å². The molecule has 1 unspecified atom stereocenters. The van der Waals surface area contributed by atoms with Gasteiger partial charge in [0.25, 0.3) is 0 Å². The van der Waals surface area contributed by atoms with Gasteiger partial charge in [0.15, 0.2) is 0 Å². The number of carbonyl (C=O) groups excluding carboxylic acids is 2. The van der Waals surface area contributed by atoms with E-state index in [9.17, 15) is 18.0 Å². The molecule has 9 heteroatoms. The van der Waals surface area contributed by atoms with Gasteiger partial charge in [-0.15, -0.1) is 0 Å². The van der Waals surface area contributed by atoms with E-state index in [0.717, 1.165) is 5.56 Å². The molecule has 0 saturated heterocycles. The summed E-state index contributed by atoms with van der Waals surface area (Å²) in [6, 6.07) is 11.4. The average molecular weight is 439 g/mol. The van der Waals surface area contributed by atoms with Gasteiger partial charge in [0.1, 0.15) is 6.04 Å². The van der Waals surface area contributed by atoms with Crippen LogP contribution >= 0.6 is 11.6 Å². The van der Waals surface area contributed by atoms with Crippen LogP contribution in [0, 0.1) is 0 Å². The first kappa shape index (κ1) is 22.9. The highest BCUT2D eigenvalue weighted by atomic mass is 35.5. The first-order valence-electron chi connectivity index (χ1n) is 9.08. The van der Waals surface area contributed by atoms with E-state index in [4.69, 9.17) is 16.3 Å². The van der Waals surface area contributed by atoms with Crippen molar-refractivity contribution < 1.29 is 22.7 Å². The molecule has 0 spiro atoms. The largest absolute Gasteiger partial charge is 0.466 e. The maximum atomic E-state index is 12.5. The quantitative estimate of drug-likeness (QED) is 0.585. The minimum atomic E-state index is -3.87. The van der Waals surface area contributed by atoms with Gasteiger partial charge in [-0.3, -0.25) is 9.59 Å². The normalized spacial score (nSPS) is 12.2. The Hall–Kier alpha value is -2.42. The Balaban J connectivity index is 2.02. The van der Waals surface area contributed by atoms with Crippen LogP contribution in [0.1, 0.15) is 25.8 Å². The Labute approximate surface area is 175 Å². The van der Waals surface area contributed by atoms with Gasteiger partial charge < -0.3 is 10.1 Å². The number of halogens is 1. The summed E-state index contributed by atoms with van der Waals surface area (Å²) in [4.78, 5) is 24.1. The minimum Gasteiger partial charge on any atom is -0.466 e. The lowest BCUT2D eigenvalue weighted by atomic mass is 10.1. The molecule has 7 nitrogen and oxygen atoms in total. The molecule has 0 saturated carbocycles. The van der Waals surface area contributed by atoms with Crippen molar-refractivity contribution in [3.63, 3.8) is 0 Å². The first-order valence-corrected chi connectivity index (χ1v) is 10.9. The first-order chi connectivity index (χ1) is 13.7. The smallest absolute Gasteiger partial charge is 0.310 e. The number of anilines is 1. The molecule has 2 rings (SSSR count). The second-order valence-corrected chi connectivity index (χ2v) is 8.35. The van der Waals surface area contributed by atoms with Crippen molar-refractivity contribution in [3.8, 4) is 0 Å².